The highest BCUT2D eigenvalue weighted by Crippen LogP contribution is 2.58. The van der Waals surface area contributed by atoms with Crippen molar-refractivity contribution >= 4 is 6.03 Å². The molecule has 32 heavy (non-hydrogen) atoms. The number of aliphatic hydroxyl groups is 1. The van der Waals surface area contributed by atoms with E-state index >= 15 is 0 Å². The van der Waals surface area contributed by atoms with E-state index in [2.05, 4.69) is 4.98 Å². The first kappa shape index (κ1) is 20.6. The Morgan fingerprint density at radius 1 is 1.19 bits per heavy atom. The fraction of sp³-hybridized carbons (Fsp3) is 0.739. The Hall–Kier alpha value is -2.03. The van der Waals surface area contributed by atoms with E-state index in [1.54, 1.807) is 0 Å². The molecular formula is C23H28F3N3O3. The first-order valence-corrected chi connectivity index (χ1v) is 11.6. The molecule has 0 radical (unpaired) electrons. The molecule has 2 saturated heterocycles. The van der Waals surface area contributed by atoms with E-state index in [9.17, 15) is 23.1 Å². The number of carbonyl (C=O) groups excluding carboxylic acids is 1. The lowest BCUT2D eigenvalue weighted by Crippen LogP contribution is -2.62. The third-order valence-electron chi connectivity index (χ3n) is 8.64. The number of halogens is 3. The number of nitrogens with zero attached hydrogens (tertiary/aromatic N) is 3. The summed E-state index contributed by atoms with van der Waals surface area (Å²) in [4.78, 5) is 21.2. The molecule has 7 rings (SSSR count). The number of aromatic nitrogens is 1. The Morgan fingerprint density at radius 3 is 2.56 bits per heavy atom. The topological polar surface area (TPSA) is 65.9 Å². The second kappa shape index (κ2) is 6.74. The van der Waals surface area contributed by atoms with Crippen LogP contribution >= 0.6 is 0 Å². The molecular weight excluding hydrogens is 423 g/mol. The Bertz CT molecular complexity index is 907. The molecule has 1 aromatic heterocycles. The van der Waals surface area contributed by atoms with Crippen molar-refractivity contribution in [2.24, 2.45) is 17.8 Å². The SMILES string of the molecule is O=C1N(C2C3CC4CC2CC(O)(C4)C3)CC2(COc3ccc(C(F)(F)F)cn3)CCCN12. The standard InChI is InChI=1S/C23H28F3N3O3/c24-23(25,26)17-2-3-18(27-11-17)32-13-21-4-1-5-29(21)20(30)28(12-21)19-15-6-14-7-16(19)10-22(31,8-14)9-15/h2-3,11,14-16,19,31H,1,4-10,12-13H2. The Morgan fingerprint density at radius 2 is 1.94 bits per heavy atom. The Labute approximate surface area is 184 Å². The van der Waals surface area contributed by atoms with E-state index < -0.39 is 22.9 Å². The van der Waals surface area contributed by atoms with Crippen LogP contribution in [0.5, 0.6) is 5.88 Å². The van der Waals surface area contributed by atoms with Crippen LogP contribution in [0.2, 0.25) is 0 Å². The highest BCUT2D eigenvalue weighted by molar-refractivity contribution is 5.79. The van der Waals surface area contributed by atoms with Crippen LogP contribution in [0.15, 0.2) is 18.3 Å². The summed E-state index contributed by atoms with van der Waals surface area (Å²) < 4.78 is 44.2. The molecule has 3 atom stereocenters. The summed E-state index contributed by atoms with van der Waals surface area (Å²) in [5.41, 5.74) is -1.81. The third kappa shape index (κ3) is 3.10. The van der Waals surface area contributed by atoms with Crippen molar-refractivity contribution < 1.29 is 27.8 Å². The fourth-order valence-electron chi connectivity index (χ4n) is 7.67. The van der Waals surface area contributed by atoms with Crippen molar-refractivity contribution in [2.45, 2.75) is 68.3 Å². The predicted octanol–water partition coefficient (Wildman–Crippen LogP) is 3.69. The van der Waals surface area contributed by atoms with Crippen LogP contribution < -0.4 is 4.74 Å². The first-order chi connectivity index (χ1) is 15.2. The largest absolute Gasteiger partial charge is 0.475 e. The number of ether oxygens (including phenoxy) is 1. The van der Waals surface area contributed by atoms with Crippen molar-refractivity contribution in [3.05, 3.63) is 23.9 Å². The van der Waals surface area contributed by atoms with E-state index in [1.165, 1.54) is 6.07 Å². The molecule has 4 aliphatic carbocycles. The summed E-state index contributed by atoms with van der Waals surface area (Å²) in [6, 6.07) is 2.44. The van der Waals surface area contributed by atoms with Gasteiger partial charge in [-0.1, -0.05) is 0 Å². The smallest absolute Gasteiger partial charge is 0.417 e. The number of pyridine rings is 1. The number of hydrogen-bond donors (Lipinski definition) is 1. The van der Waals surface area contributed by atoms with Gasteiger partial charge in [-0.3, -0.25) is 0 Å². The number of fused-ring (bicyclic) bond motifs is 1. The second-order valence-corrected chi connectivity index (χ2v) is 10.7. The highest BCUT2D eigenvalue weighted by atomic mass is 19.4. The highest BCUT2D eigenvalue weighted by Gasteiger charge is 2.61. The third-order valence-corrected chi connectivity index (χ3v) is 8.64. The summed E-state index contributed by atoms with van der Waals surface area (Å²) in [5, 5.41) is 10.9. The zero-order valence-corrected chi connectivity index (χ0v) is 17.9. The lowest BCUT2D eigenvalue weighted by molar-refractivity contribution is -0.153. The molecule has 2 aliphatic heterocycles. The molecule has 0 spiro atoms. The lowest BCUT2D eigenvalue weighted by atomic mass is 9.52. The van der Waals surface area contributed by atoms with Crippen LogP contribution in [-0.2, 0) is 6.18 Å². The Kier molecular flexibility index (Phi) is 4.33. The van der Waals surface area contributed by atoms with Gasteiger partial charge in [0.2, 0.25) is 5.88 Å². The number of urea groups is 1. The monoisotopic (exact) mass is 451 g/mol. The summed E-state index contributed by atoms with van der Waals surface area (Å²) in [7, 11) is 0. The maximum atomic E-state index is 13.5. The zero-order chi connectivity index (χ0) is 22.3. The molecule has 1 N–H and O–H groups in total. The van der Waals surface area contributed by atoms with E-state index in [1.807, 2.05) is 9.80 Å². The normalized spacial score (nSPS) is 40.3. The van der Waals surface area contributed by atoms with Gasteiger partial charge >= 0.3 is 12.2 Å². The number of rotatable bonds is 4. The molecule has 6 nitrogen and oxygen atoms in total. The molecule has 2 amide bonds. The van der Waals surface area contributed by atoms with Gasteiger partial charge in [0.05, 0.1) is 16.7 Å². The number of amides is 2. The summed E-state index contributed by atoms with van der Waals surface area (Å²) in [5.74, 6) is 1.42. The molecule has 3 unspecified atom stereocenters. The maximum Gasteiger partial charge on any atom is 0.417 e. The van der Waals surface area contributed by atoms with E-state index in [4.69, 9.17) is 4.74 Å². The predicted molar refractivity (Wildman–Crippen MR) is 108 cm³/mol. The van der Waals surface area contributed by atoms with Gasteiger partial charge < -0.3 is 19.6 Å². The lowest BCUT2D eigenvalue weighted by Gasteiger charge is -2.59. The molecule has 0 aromatic carbocycles. The van der Waals surface area contributed by atoms with E-state index in [-0.39, 0.29) is 24.6 Å². The van der Waals surface area contributed by atoms with Crippen LogP contribution in [0.4, 0.5) is 18.0 Å². The van der Waals surface area contributed by atoms with Gasteiger partial charge in [0.25, 0.3) is 0 Å². The van der Waals surface area contributed by atoms with Crippen LogP contribution in [-0.4, -0.2) is 62.8 Å². The zero-order valence-electron chi connectivity index (χ0n) is 17.9. The minimum absolute atomic E-state index is 0.0518. The molecule has 4 saturated carbocycles. The van der Waals surface area contributed by atoms with Gasteiger partial charge in [-0.15, -0.1) is 0 Å². The van der Waals surface area contributed by atoms with Gasteiger partial charge in [0.1, 0.15) is 6.61 Å². The quantitative estimate of drug-likeness (QED) is 0.759. The van der Waals surface area contributed by atoms with Crippen molar-refractivity contribution in [2.75, 3.05) is 19.7 Å². The van der Waals surface area contributed by atoms with Crippen LogP contribution in [0.1, 0.15) is 50.5 Å². The van der Waals surface area contributed by atoms with E-state index in [0.29, 0.717) is 30.8 Å². The summed E-state index contributed by atoms with van der Waals surface area (Å²) in [6.07, 6.45) is 2.71. The van der Waals surface area contributed by atoms with Crippen LogP contribution in [0.3, 0.4) is 0 Å². The summed E-state index contributed by atoms with van der Waals surface area (Å²) in [6.45, 7) is 1.48. The number of alkyl halides is 3. The van der Waals surface area contributed by atoms with E-state index in [0.717, 1.165) is 57.2 Å². The molecule has 174 valence electrons. The minimum Gasteiger partial charge on any atom is -0.475 e. The Balaban J connectivity index is 1.19. The van der Waals surface area contributed by atoms with Gasteiger partial charge in [-0.05, 0) is 68.8 Å². The summed E-state index contributed by atoms with van der Waals surface area (Å²) >= 11 is 0. The van der Waals surface area contributed by atoms with Crippen LogP contribution in [0, 0.1) is 17.8 Å². The number of hydrogen-bond acceptors (Lipinski definition) is 4. The molecule has 6 aliphatic rings. The fourth-order valence-corrected chi connectivity index (χ4v) is 7.67. The van der Waals surface area contributed by atoms with Crippen molar-refractivity contribution in [3.8, 4) is 5.88 Å². The van der Waals surface area contributed by atoms with Crippen molar-refractivity contribution in [3.63, 3.8) is 0 Å². The average Bonchev–Trinajstić information content (AvgIpc) is 3.23. The van der Waals surface area contributed by atoms with Gasteiger partial charge in [-0.2, -0.15) is 13.2 Å². The minimum atomic E-state index is -4.43. The average molecular weight is 451 g/mol. The second-order valence-electron chi connectivity index (χ2n) is 10.7. The van der Waals surface area contributed by atoms with Crippen molar-refractivity contribution in [1.82, 2.24) is 14.8 Å². The van der Waals surface area contributed by atoms with Crippen molar-refractivity contribution in [1.29, 1.82) is 0 Å². The first-order valence-electron chi connectivity index (χ1n) is 11.6. The van der Waals surface area contributed by atoms with Gasteiger partial charge in [0.15, 0.2) is 0 Å². The maximum absolute atomic E-state index is 13.5. The molecule has 9 heteroatoms. The van der Waals surface area contributed by atoms with Gasteiger partial charge in [0, 0.05) is 31.4 Å². The molecule has 4 bridgehead atoms. The molecule has 3 heterocycles. The molecule has 6 fully saturated rings. The van der Waals surface area contributed by atoms with Crippen LogP contribution in [0.25, 0.3) is 0 Å². The van der Waals surface area contributed by atoms with Gasteiger partial charge in [-0.25, -0.2) is 9.78 Å². The number of carbonyl (C=O) groups is 1. The molecule has 1 aromatic rings.